The number of nitrogens with one attached hydrogen (secondary N) is 1. The largest absolute Gasteiger partial charge is 0.454 e. The molecule has 0 fully saturated rings. The number of hydrogen-bond donors (Lipinski definition) is 1. The number of ether oxygens (including phenoxy) is 2. The van der Waals surface area contributed by atoms with Crippen molar-refractivity contribution in [2.75, 3.05) is 6.79 Å². The van der Waals surface area contributed by atoms with Crippen LogP contribution in [-0.2, 0) is 16.8 Å². The predicted octanol–water partition coefficient (Wildman–Crippen LogP) is 3.51. The van der Waals surface area contributed by atoms with E-state index in [9.17, 15) is 18.8 Å². The predicted molar refractivity (Wildman–Crippen MR) is 144 cm³/mol. The van der Waals surface area contributed by atoms with Crippen LogP contribution in [0.25, 0.3) is 11.4 Å². The molecule has 11 nitrogen and oxygen atoms in total. The second-order valence-corrected chi connectivity index (χ2v) is 10.5. The number of hydrogen-bond acceptors (Lipinski definition) is 9. The molecule has 12 heteroatoms. The fraction of sp³-hybridized carbons (Fsp3) is 0.310. The first kappa shape index (κ1) is 27.7. The summed E-state index contributed by atoms with van der Waals surface area (Å²) in [6.45, 7) is 7.00. The maximum absolute atomic E-state index is 13.4. The highest BCUT2D eigenvalue weighted by molar-refractivity contribution is 5.98. The molecule has 2 aromatic carbocycles. The van der Waals surface area contributed by atoms with Gasteiger partial charge in [-0.2, -0.15) is 0 Å². The normalized spacial score (nSPS) is 13.3. The monoisotopic (exact) mass is 561 g/mol. The van der Waals surface area contributed by atoms with Crippen molar-refractivity contribution in [3.05, 3.63) is 88.2 Å². The molecular formula is C29H28FN5O6. The molecule has 212 valence electrons. The number of fused-ring (bicyclic) bond motifs is 1. The van der Waals surface area contributed by atoms with E-state index in [0.29, 0.717) is 17.1 Å². The Bertz CT molecular complexity index is 1660. The molecule has 0 radical (unpaired) electrons. The molecule has 1 atom stereocenters. The van der Waals surface area contributed by atoms with Gasteiger partial charge in [-0.05, 0) is 61.7 Å². The topological polar surface area (TPSA) is 138 Å². The fourth-order valence-corrected chi connectivity index (χ4v) is 4.43. The second kappa shape index (κ2) is 11.0. The van der Waals surface area contributed by atoms with Crippen LogP contribution in [0.2, 0.25) is 0 Å². The third-order valence-corrected chi connectivity index (χ3v) is 6.87. The third-order valence-electron chi connectivity index (χ3n) is 6.87. The zero-order chi connectivity index (χ0) is 29.3. The number of halogens is 1. The summed E-state index contributed by atoms with van der Waals surface area (Å²) in [5.41, 5.74) is 0.0319. The molecule has 0 unspecified atom stereocenters. The Labute approximate surface area is 234 Å². The number of amides is 1. The lowest BCUT2D eigenvalue weighted by Crippen LogP contribution is -2.46. The van der Waals surface area contributed by atoms with Gasteiger partial charge in [-0.25, -0.2) is 9.37 Å². The molecule has 41 heavy (non-hydrogen) atoms. The summed E-state index contributed by atoms with van der Waals surface area (Å²) in [5.74, 6) is -0.569. The number of carbonyl (C=O) groups is 2. The van der Waals surface area contributed by atoms with Crippen LogP contribution in [0.1, 0.15) is 49.8 Å². The van der Waals surface area contributed by atoms with Crippen molar-refractivity contribution in [2.24, 2.45) is 5.92 Å². The molecule has 2 aromatic heterocycles. The molecule has 5 rings (SSSR count). The summed E-state index contributed by atoms with van der Waals surface area (Å²) in [6.07, 6.45) is 1.31. The summed E-state index contributed by atoms with van der Waals surface area (Å²) < 4.78 is 31.2. The van der Waals surface area contributed by atoms with E-state index >= 15 is 0 Å². The summed E-state index contributed by atoms with van der Waals surface area (Å²) in [4.78, 5) is 43.3. The Kier molecular flexibility index (Phi) is 7.40. The van der Waals surface area contributed by atoms with Gasteiger partial charge in [0.05, 0.1) is 11.5 Å². The average Bonchev–Trinajstić information content (AvgIpc) is 3.63. The first-order valence-electron chi connectivity index (χ1n) is 12.9. The highest BCUT2D eigenvalue weighted by Gasteiger charge is 2.35. The van der Waals surface area contributed by atoms with Crippen molar-refractivity contribution >= 4 is 11.7 Å². The number of rotatable bonds is 9. The standard InChI is InChI=1S/C29H28FN5O6/c1-16(2)24(32-22(36)14-35-23(37)11-12-31-26(35)17-5-8-19(30)9-6-17)25(38)27-33-34-28(41-27)29(3,4)18-7-10-20-21(13-18)40-15-39-20/h5-13,16,24H,14-15H2,1-4H3,(H,32,36)/t24-/m0/s1. The van der Waals surface area contributed by atoms with E-state index in [2.05, 4.69) is 20.5 Å². The zero-order valence-electron chi connectivity index (χ0n) is 22.9. The first-order valence-corrected chi connectivity index (χ1v) is 12.9. The van der Waals surface area contributed by atoms with Gasteiger partial charge in [-0.3, -0.25) is 19.0 Å². The Morgan fingerprint density at radius 3 is 2.51 bits per heavy atom. The lowest BCUT2D eigenvalue weighted by Gasteiger charge is -2.21. The van der Waals surface area contributed by atoms with E-state index in [0.717, 1.165) is 10.1 Å². The lowest BCUT2D eigenvalue weighted by molar-refractivity contribution is -0.122. The molecule has 1 N–H and O–H groups in total. The summed E-state index contributed by atoms with van der Waals surface area (Å²) in [5, 5.41) is 10.8. The number of ketones is 1. The van der Waals surface area contributed by atoms with Crippen molar-refractivity contribution in [3.8, 4) is 22.9 Å². The minimum Gasteiger partial charge on any atom is -0.454 e. The van der Waals surface area contributed by atoms with E-state index in [1.165, 1.54) is 36.5 Å². The van der Waals surface area contributed by atoms with Gasteiger partial charge in [0.1, 0.15) is 18.2 Å². The van der Waals surface area contributed by atoms with Crippen molar-refractivity contribution in [1.29, 1.82) is 0 Å². The van der Waals surface area contributed by atoms with E-state index in [-0.39, 0.29) is 30.3 Å². The van der Waals surface area contributed by atoms with Crippen molar-refractivity contribution < 1.29 is 27.9 Å². The van der Waals surface area contributed by atoms with E-state index in [4.69, 9.17) is 13.9 Å². The lowest BCUT2D eigenvalue weighted by atomic mass is 9.84. The maximum Gasteiger partial charge on any atom is 0.286 e. The number of carbonyl (C=O) groups excluding carboxylic acids is 2. The average molecular weight is 562 g/mol. The Morgan fingerprint density at radius 2 is 1.78 bits per heavy atom. The minimum absolute atomic E-state index is 0.143. The van der Waals surface area contributed by atoms with Crippen LogP contribution in [-0.4, -0.2) is 44.3 Å². The van der Waals surface area contributed by atoms with Crippen LogP contribution in [0.5, 0.6) is 11.5 Å². The van der Waals surface area contributed by atoms with Crippen LogP contribution in [0.15, 0.2) is 63.9 Å². The molecule has 4 aromatic rings. The summed E-state index contributed by atoms with van der Waals surface area (Å²) in [6, 6.07) is 11.1. The Balaban J connectivity index is 1.34. The molecule has 1 amide bonds. The van der Waals surface area contributed by atoms with Gasteiger partial charge in [0, 0.05) is 17.8 Å². The Hall–Kier alpha value is -4.87. The Morgan fingerprint density at radius 1 is 1.05 bits per heavy atom. The van der Waals surface area contributed by atoms with Gasteiger partial charge in [-0.1, -0.05) is 19.9 Å². The highest BCUT2D eigenvalue weighted by atomic mass is 19.1. The zero-order valence-corrected chi connectivity index (χ0v) is 22.9. The number of benzene rings is 2. The smallest absolute Gasteiger partial charge is 0.286 e. The van der Waals surface area contributed by atoms with Gasteiger partial charge in [-0.15, -0.1) is 10.2 Å². The van der Waals surface area contributed by atoms with Gasteiger partial charge >= 0.3 is 0 Å². The molecule has 1 aliphatic rings. The van der Waals surface area contributed by atoms with Gasteiger partial charge in [0.2, 0.25) is 24.4 Å². The molecule has 1 aliphatic heterocycles. The van der Waals surface area contributed by atoms with Crippen molar-refractivity contribution in [3.63, 3.8) is 0 Å². The van der Waals surface area contributed by atoms with Crippen LogP contribution < -0.4 is 20.3 Å². The molecular weight excluding hydrogens is 533 g/mol. The quantitative estimate of drug-likeness (QED) is 0.304. The first-order chi connectivity index (χ1) is 19.5. The van der Waals surface area contributed by atoms with Gasteiger partial charge in [0.25, 0.3) is 11.4 Å². The minimum atomic E-state index is -1.01. The van der Waals surface area contributed by atoms with Crippen LogP contribution in [0, 0.1) is 11.7 Å². The van der Waals surface area contributed by atoms with Crippen molar-refractivity contribution in [2.45, 2.75) is 45.7 Å². The summed E-state index contributed by atoms with van der Waals surface area (Å²) in [7, 11) is 0. The molecule has 3 heterocycles. The van der Waals surface area contributed by atoms with Crippen LogP contribution >= 0.6 is 0 Å². The van der Waals surface area contributed by atoms with Gasteiger partial charge in [0.15, 0.2) is 11.5 Å². The maximum atomic E-state index is 13.4. The highest BCUT2D eigenvalue weighted by Crippen LogP contribution is 2.38. The van der Waals surface area contributed by atoms with E-state index in [1.807, 2.05) is 26.0 Å². The number of Topliss-reactive ketones (excluding diaryl/α,β-unsaturated/α-hetero) is 1. The molecule has 0 saturated carbocycles. The van der Waals surface area contributed by atoms with Crippen LogP contribution in [0.3, 0.4) is 0 Å². The molecule has 0 bridgehead atoms. The van der Waals surface area contributed by atoms with Gasteiger partial charge < -0.3 is 19.2 Å². The molecule has 0 spiro atoms. The third kappa shape index (κ3) is 5.58. The number of nitrogens with zero attached hydrogens (tertiary/aromatic N) is 4. The van der Waals surface area contributed by atoms with Crippen LogP contribution in [0.4, 0.5) is 4.39 Å². The molecule has 0 saturated heterocycles. The van der Waals surface area contributed by atoms with Crippen molar-refractivity contribution in [1.82, 2.24) is 25.1 Å². The SMILES string of the molecule is CC(C)[C@H](NC(=O)Cn1c(-c2ccc(F)cc2)nccc1=O)C(=O)c1nnc(C(C)(C)c2ccc3c(c2)OCO3)o1. The van der Waals surface area contributed by atoms with E-state index in [1.54, 1.807) is 19.9 Å². The molecule has 0 aliphatic carbocycles. The van der Waals surface area contributed by atoms with E-state index < -0.39 is 41.1 Å². The number of aromatic nitrogens is 4. The summed E-state index contributed by atoms with van der Waals surface area (Å²) >= 11 is 0. The fourth-order valence-electron chi connectivity index (χ4n) is 4.43. The second-order valence-electron chi connectivity index (χ2n) is 10.5.